The first kappa shape index (κ1) is 15.7. The highest BCUT2D eigenvalue weighted by Gasteiger charge is 2.35. The zero-order valence-electron chi connectivity index (χ0n) is 14.7. The van der Waals surface area contributed by atoms with Crippen LogP contribution in [0.25, 0.3) is 11.2 Å². The number of ether oxygens (including phenoxy) is 1. The Hall–Kier alpha value is -3.54. The maximum Gasteiger partial charge on any atom is 0.239 e. The van der Waals surface area contributed by atoms with E-state index in [9.17, 15) is 0 Å². The molecule has 1 aliphatic rings. The number of nitrogens with zero attached hydrogens (tertiary/aromatic N) is 5. The number of hydrogen-bond acceptors (Lipinski definition) is 5. The van der Waals surface area contributed by atoms with Gasteiger partial charge in [-0.1, -0.05) is 60.7 Å². The van der Waals surface area contributed by atoms with E-state index in [1.54, 1.807) is 6.33 Å². The van der Waals surface area contributed by atoms with Crippen molar-refractivity contribution in [3.05, 3.63) is 90.1 Å². The first-order valence-electron chi connectivity index (χ1n) is 8.78. The third-order valence-corrected chi connectivity index (χ3v) is 4.76. The third kappa shape index (κ3) is 2.66. The van der Waals surface area contributed by atoms with E-state index in [0.29, 0.717) is 17.2 Å². The summed E-state index contributed by atoms with van der Waals surface area (Å²) in [5.74, 6) is 0.522. The van der Waals surface area contributed by atoms with E-state index in [-0.39, 0.29) is 12.1 Å². The number of rotatable bonds is 3. The second-order valence-corrected chi connectivity index (χ2v) is 6.49. The lowest BCUT2D eigenvalue weighted by atomic mass is 9.97. The van der Waals surface area contributed by atoms with E-state index in [1.165, 1.54) is 6.33 Å². The highest BCUT2D eigenvalue weighted by atomic mass is 16.5. The number of aromatic nitrogens is 4. The average Bonchev–Trinajstić information content (AvgIpc) is 3.34. The molecule has 4 aromatic rings. The number of hydrogen-bond donors (Lipinski definition) is 0. The summed E-state index contributed by atoms with van der Waals surface area (Å²) >= 11 is 0. The van der Waals surface area contributed by atoms with Gasteiger partial charge >= 0.3 is 0 Å². The Balaban J connectivity index is 1.64. The van der Waals surface area contributed by atoms with E-state index in [1.807, 2.05) is 48.0 Å². The predicted octanol–water partition coefficient (Wildman–Crippen LogP) is 3.62. The van der Waals surface area contributed by atoms with Crippen molar-refractivity contribution < 1.29 is 4.74 Å². The summed E-state index contributed by atoms with van der Waals surface area (Å²) in [6.07, 6.45) is 3.02. The summed E-state index contributed by atoms with van der Waals surface area (Å²) in [5, 5.41) is 0. The van der Waals surface area contributed by atoms with Crippen LogP contribution in [0.15, 0.2) is 78.3 Å². The van der Waals surface area contributed by atoms with Crippen LogP contribution in [0.1, 0.15) is 29.0 Å². The lowest BCUT2D eigenvalue weighted by Crippen LogP contribution is -2.11. The minimum atomic E-state index is -0.207. The molecule has 5 rings (SSSR count). The average molecular weight is 355 g/mol. The van der Waals surface area contributed by atoms with Crippen LogP contribution in [0, 0.1) is 0 Å². The van der Waals surface area contributed by atoms with Crippen LogP contribution in [-0.2, 0) is 11.8 Å². The van der Waals surface area contributed by atoms with E-state index < -0.39 is 0 Å². The van der Waals surface area contributed by atoms with Crippen molar-refractivity contribution in [3.63, 3.8) is 0 Å². The molecule has 2 aromatic heterocycles. The van der Waals surface area contributed by atoms with Gasteiger partial charge in [-0.3, -0.25) is 0 Å². The van der Waals surface area contributed by atoms with E-state index in [0.717, 1.165) is 16.6 Å². The number of imidazole rings is 1. The molecule has 0 radical (unpaired) electrons. The Morgan fingerprint density at radius 1 is 0.852 bits per heavy atom. The summed E-state index contributed by atoms with van der Waals surface area (Å²) < 4.78 is 8.24. The first-order chi connectivity index (χ1) is 13.3. The smallest absolute Gasteiger partial charge is 0.239 e. The van der Waals surface area contributed by atoms with Gasteiger partial charge in [0.25, 0.3) is 0 Å². The molecular weight excluding hydrogens is 338 g/mol. The highest BCUT2D eigenvalue weighted by molar-refractivity contribution is 6.03. The second kappa shape index (κ2) is 6.32. The van der Waals surface area contributed by atoms with Gasteiger partial charge in [-0.2, -0.15) is 0 Å². The molecule has 0 aliphatic carbocycles. The van der Waals surface area contributed by atoms with Crippen LogP contribution in [0.3, 0.4) is 0 Å². The minimum absolute atomic E-state index is 0.137. The number of aliphatic imine (C=N–C) groups is 1. The molecule has 2 unspecified atom stereocenters. The summed E-state index contributed by atoms with van der Waals surface area (Å²) in [5.41, 5.74) is 4.31. The molecule has 2 aromatic carbocycles. The molecule has 0 bridgehead atoms. The van der Waals surface area contributed by atoms with Gasteiger partial charge in [0, 0.05) is 7.05 Å². The van der Waals surface area contributed by atoms with Crippen LogP contribution in [-0.4, -0.2) is 25.4 Å². The van der Waals surface area contributed by atoms with Gasteiger partial charge in [-0.05, 0) is 11.1 Å². The fraction of sp³-hybridized carbons (Fsp3) is 0.143. The number of fused-ring (bicyclic) bond motifs is 1. The van der Waals surface area contributed by atoms with Gasteiger partial charge in [-0.25, -0.2) is 19.9 Å². The van der Waals surface area contributed by atoms with Gasteiger partial charge in [0.1, 0.15) is 17.9 Å². The fourth-order valence-electron chi connectivity index (χ4n) is 3.46. The molecule has 6 nitrogen and oxygen atoms in total. The Morgan fingerprint density at radius 3 is 2.30 bits per heavy atom. The topological polar surface area (TPSA) is 65.2 Å². The monoisotopic (exact) mass is 355 g/mol. The molecule has 2 atom stereocenters. The standard InChI is InChI=1S/C21H17N5O/c1-26-13-24-20-18(26)17(22-12-23-20)21-25-16(14-8-4-2-5-9-14)19(27-21)15-10-6-3-7-11-15/h2-13,16,19H,1H3. The van der Waals surface area contributed by atoms with Crippen LogP contribution in [0.5, 0.6) is 0 Å². The zero-order chi connectivity index (χ0) is 18.2. The van der Waals surface area contributed by atoms with Crippen LogP contribution >= 0.6 is 0 Å². The van der Waals surface area contributed by atoms with Gasteiger partial charge < -0.3 is 9.30 Å². The van der Waals surface area contributed by atoms with Gasteiger partial charge in [-0.15, -0.1) is 0 Å². The Morgan fingerprint density at radius 2 is 1.56 bits per heavy atom. The molecule has 132 valence electrons. The lowest BCUT2D eigenvalue weighted by molar-refractivity contribution is 0.196. The molecule has 3 heterocycles. The summed E-state index contributed by atoms with van der Waals surface area (Å²) in [4.78, 5) is 17.9. The molecule has 0 fully saturated rings. The van der Waals surface area contributed by atoms with Crippen molar-refractivity contribution in [2.45, 2.75) is 12.1 Å². The summed E-state index contributed by atoms with van der Waals surface area (Å²) in [7, 11) is 1.92. The van der Waals surface area contributed by atoms with Crippen molar-refractivity contribution in [2.24, 2.45) is 12.0 Å². The molecular formula is C21H17N5O. The molecule has 0 saturated carbocycles. The first-order valence-corrected chi connectivity index (χ1v) is 8.78. The van der Waals surface area contributed by atoms with Crippen LogP contribution < -0.4 is 0 Å². The second-order valence-electron chi connectivity index (χ2n) is 6.49. The Labute approximate surface area is 156 Å². The lowest BCUT2D eigenvalue weighted by Gasteiger charge is -2.18. The Bertz CT molecular complexity index is 1120. The quantitative estimate of drug-likeness (QED) is 0.563. The Kier molecular flexibility index (Phi) is 3.67. The van der Waals surface area contributed by atoms with Crippen molar-refractivity contribution in [2.75, 3.05) is 0 Å². The largest absolute Gasteiger partial charge is 0.465 e. The number of benzene rings is 2. The van der Waals surface area contributed by atoms with Crippen molar-refractivity contribution in [1.29, 1.82) is 0 Å². The van der Waals surface area contributed by atoms with Crippen molar-refractivity contribution in [1.82, 2.24) is 19.5 Å². The van der Waals surface area contributed by atoms with Gasteiger partial charge in [0.2, 0.25) is 5.90 Å². The molecule has 0 spiro atoms. The summed E-state index contributed by atoms with van der Waals surface area (Å²) in [6.45, 7) is 0. The number of aryl methyl sites for hydroxylation is 1. The van der Waals surface area contributed by atoms with E-state index in [4.69, 9.17) is 9.73 Å². The molecule has 0 N–H and O–H groups in total. The van der Waals surface area contributed by atoms with E-state index in [2.05, 4.69) is 39.2 Å². The summed E-state index contributed by atoms with van der Waals surface area (Å²) in [6, 6.07) is 20.2. The molecule has 0 amide bonds. The van der Waals surface area contributed by atoms with Crippen molar-refractivity contribution in [3.8, 4) is 0 Å². The van der Waals surface area contributed by atoms with Crippen molar-refractivity contribution >= 4 is 17.1 Å². The highest BCUT2D eigenvalue weighted by Crippen LogP contribution is 2.41. The zero-order valence-corrected chi connectivity index (χ0v) is 14.7. The molecule has 6 heteroatoms. The fourth-order valence-corrected chi connectivity index (χ4v) is 3.46. The molecule has 27 heavy (non-hydrogen) atoms. The van der Waals surface area contributed by atoms with Gasteiger partial charge in [0.15, 0.2) is 17.4 Å². The maximum atomic E-state index is 6.35. The van der Waals surface area contributed by atoms with Crippen LogP contribution in [0.4, 0.5) is 0 Å². The SMILES string of the molecule is Cn1cnc2ncnc(C3=NC(c4ccccc4)C(c4ccccc4)O3)c21. The third-order valence-electron chi connectivity index (χ3n) is 4.76. The predicted molar refractivity (Wildman–Crippen MR) is 102 cm³/mol. The maximum absolute atomic E-state index is 6.35. The normalized spacial score (nSPS) is 19.1. The van der Waals surface area contributed by atoms with Crippen LogP contribution in [0.2, 0.25) is 0 Å². The van der Waals surface area contributed by atoms with E-state index >= 15 is 0 Å². The minimum Gasteiger partial charge on any atom is -0.465 e. The van der Waals surface area contributed by atoms with Gasteiger partial charge in [0.05, 0.1) is 6.33 Å². The molecule has 0 saturated heterocycles. The molecule has 1 aliphatic heterocycles.